The minimum absolute atomic E-state index is 0.0121. The molecule has 0 spiro atoms. The van der Waals surface area contributed by atoms with Gasteiger partial charge in [-0.1, -0.05) is 12.1 Å². The van der Waals surface area contributed by atoms with E-state index in [1.165, 1.54) is 6.07 Å². The van der Waals surface area contributed by atoms with Gasteiger partial charge in [-0.05, 0) is 18.1 Å². The molecule has 0 saturated carbocycles. The minimum atomic E-state index is -4.69. The van der Waals surface area contributed by atoms with Gasteiger partial charge in [0.2, 0.25) is 0 Å². The lowest BCUT2D eigenvalue weighted by Crippen LogP contribution is -2.09. The van der Waals surface area contributed by atoms with E-state index in [0.717, 1.165) is 6.07 Å². The van der Waals surface area contributed by atoms with Crippen molar-refractivity contribution >= 4 is 6.29 Å². The summed E-state index contributed by atoms with van der Waals surface area (Å²) in [5.74, 6) is -1.29. The van der Waals surface area contributed by atoms with Gasteiger partial charge in [-0.2, -0.15) is 13.2 Å². The van der Waals surface area contributed by atoms with Gasteiger partial charge in [-0.3, -0.25) is 0 Å². The number of hydrogen-bond donors (Lipinski definition) is 0. The second-order valence-electron chi connectivity index (χ2n) is 2.98. The molecule has 0 aliphatic rings. The van der Waals surface area contributed by atoms with Gasteiger partial charge in [-0.15, -0.1) is 0 Å². The first-order chi connectivity index (χ1) is 6.96. The maximum atomic E-state index is 13.3. The summed E-state index contributed by atoms with van der Waals surface area (Å²) in [5, 5.41) is 0. The molecule has 1 nitrogen and oxygen atoms in total. The van der Waals surface area contributed by atoms with Crippen LogP contribution in [0.15, 0.2) is 18.2 Å². The van der Waals surface area contributed by atoms with Crippen LogP contribution in [0.2, 0.25) is 0 Å². The highest BCUT2D eigenvalue weighted by Gasteiger charge is 2.34. The number of carbonyl (C=O) groups excluding carboxylic acids is 1. The normalized spacial score (nSPS) is 11.5. The summed E-state index contributed by atoms with van der Waals surface area (Å²) in [7, 11) is 0. The van der Waals surface area contributed by atoms with Gasteiger partial charge in [0.05, 0.1) is 5.56 Å². The van der Waals surface area contributed by atoms with E-state index in [0.29, 0.717) is 12.4 Å². The lowest BCUT2D eigenvalue weighted by Gasteiger charge is -2.10. The molecule has 0 bridgehead atoms. The van der Waals surface area contributed by atoms with Crippen molar-refractivity contribution in [2.75, 3.05) is 0 Å². The molecule has 15 heavy (non-hydrogen) atoms. The van der Waals surface area contributed by atoms with Gasteiger partial charge < -0.3 is 4.79 Å². The van der Waals surface area contributed by atoms with E-state index in [-0.39, 0.29) is 18.4 Å². The molecule has 0 heterocycles. The summed E-state index contributed by atoms with van der Waals surface area (Å²) in [4.78, 5) is 10.0. The smallest absolute Gasteiger partial charge is 0.303 e. The third-order valence-corrected chi connectivity index (χ3v) is 1.92. The van der Waals surface area contributed by atoms with Crippen LogP contribution >= 0.6 is 0 Å². The van der Waals surface area contributed by atoms with Crippen LogP contribution < -0.4 is 0 Å². The number of halogens is 4. The Labute approximate surface area is 83.7 Å². The van der Waals surface area contributed by atoms with Crippen molar-refractivity contribution in [3.8, 4) is 0 Å². The molecule has 0 fully saturated rings. The predicted molar refractivity (Wildman–Crippen MR) is 45.8 cm³/mol. The Morgan fingerprint density at radius 2 is 1.93 bits per heavy atom. The van der Waals surface area contributed by atoms with Crippen molar-refractivity contribution in [3.05, 3.63) is 35.1 Å². The van der Waals surface area contributed by atoms with Gasteiger partial charge in [0, 0.05) is 6.42 Å². The second-order valence-corrected chi connectivity index (χ2v) is 2.98. The lowest BCUT2D eigenvalue weighted by molar-refractivity contribution is -0.140. The van der Waals surface area contributed by atoms with Crippen molar-refractivity contribution in [1.82, 2.24) is 0 Å². The fourth-order valence-corrected chi connectivity index (χ4v) is 1.21. The fourth-order valence-electron chi connectivity index (χ4n) is 1.21. The first-order valence-electron chi connectivity index (χ1n) is 4.25. The van der Waals surface area contributed by atoms with Crippen LogP contribution in [0, 0.1) is 5.82 Å². The molecule has 0 aliphatic heterocycles. The topological polar surface area (TPSA) is 17.1 Å². The van der Waals surface area contributed by atoms with E-state index in [4.69, 9.17) is 0 Å². The Kier molecular flexibility index (Phi) is 3.44. The van der Waals surface area contributed by atoms with Crippen LogP contribution in [0.5, 0.6) is 0 Å². The standard InChI is InChI=1S/C10H8F4O/c11-9-7(4-2-6-15)3-1-5-8(9)10(12,13)14/h1,3,5-6H,2,4H2. The fraction of sp³-hybridized carbons (Fsp3) is 0.300. The molecule has 82 valence electrons. The van der Waals surface area contributed by atoms with Crippen molar-refractivity contribution in [1.29, 1.82) is 0 Å². The maximum absolute atomic E-state index is 13.3. The Hall–Kier alpha value is -1.39. The number of aldehydes is 1. The Morgan fingerprint density at radius 1 is 1.27 bits per heavy atom. The number of carbonyl (C=O) groups is 1. The zero-order valence-corrected chi connectivity index (χ0v) is 7.64. The lowest BCUT2D eigenvalue weighted by atomic mass is 10.1. The average molecular weight is 220 g/mol. The van der Waals surface area contributed by atoms with E-state index >= 15 is 0 Å². The Bertz CT molecular complexity index is 357. The third kappa shape index (κ3) is 2.78. The molecule has 1 rings (SSSR count). The van der Waals surface area contributed by atoms with Crippen molar-refractivity contribution < 1.29 is 22.4 Å². The summed E-state index contributed by atoms with van der Waals surface area (Å²) in [6, 6.07) is 3.06. The minimum Gasteiger partial charge on any atom is -0.303 e. The molecule has 0 aliphatic carbocycles. The monoisotopic (exact) mass is 220 g/mol. The van der Waals surface area contributed by atoms with E-state index in [2.05, 4.69) is 0 Å². The summed E-state index contributed by atoms with van der Waals surface area (Å²) in [5.41, 5.74) is -1.37. The first-order valence-corrected chi connectivity index (χ1v) is 4.25. The zero-order valence-electron chi connectivity index (χ0n) is 7.64. The Balaban J connectivity index is 3.06. The zero-order chi connectivity index (χ0) is 11.5. The number of aryl methyl sites for hydroxylation is 1. The molecule has 5 heteroatoms. The molecular weight excluding hydrogens is 212 g/mol. The van der Waals surface area contributed by atoms with Gasteiger partial charge >= 0.3 is 6.18 Å². The van der Waals surface area contributed by atoms with Crippen LogP contribution in [-0.4, -0.2) is 6.29 Å². The summed E-state index contributed by atoms with van der Waals surface area (Å²) in [6.45, 7) is 0. The molecule has 0 aromatic heterocycles. The predicted octanol–water partition coefficient (Wildman–Crippen LogP) is 2.98. The van der Waals surface area contributed by atoms with Crippen LogP contribution in [0.1, 0.15) is 17.5 Å². The van der Waals surface area contributed by atoms with E-state index in [1.807, 2.05) is 0 Å². The summed E-state index contributed by atoms with van der Waals surface area (Å²) in [6.07, 6.45) is -4.15. The number of hydrogen-bond acceptors (Lipinski definition) is 1. The van der Waals surface area contributed by atoms with Gasteiger partial charge in [-0.25, -0.2) is 4.39 Å². The highest BCUT2D eigenvalue weighted by atomic mass is 19.4. The van der Waals surface area contributed by atoms with Gasteiger partial charge in [0.15, 0.2) is 0 Å². The molecule has 0 radical (unpaired) electrons. The third-order valence-electron chi connectivity index (χ3n) is 1.92. The Morgan fingerprint density at radius 3 is 2.47 bits per heavy atom. The van der Waals surface area contributed by atoms with E-state index in [9.17, 15) is 22.4 Å². The average Bonchev–Trinajstić information content (AvgIpc) is 2.14. The van der Waals surface area contributed by atoms with Crippen LogP contribution in [0.4, 0.5) is 17.6 Å². The molecule has 1 aromatic carbocycles. The van der Waals surface area contributed by atoms with Crippen molar-refractivity contribution in [3.63, 3.8) is 0 Å². The van der Waals surface area contributed by atoms with Crippen LogP contribution in [0.3, 0.4) is 0 Å². The van der Waals surface area contributed by atoms with Crippen LogP contribution in [-0.2, 0) is 17.4 Å². The molecular formula is C10H8F4O. The quantitative estimate of drug-likeness (QED) is 0.565. The largest absolute Gasteiger partial charge is 0.419 e. The second kappa shape index (κ2) is 4.42. The SMILES string of the molecule is O=CCCc1cccc(C(F)(F)F)c1F. The van der Waals surface area contributed by atoms with Crippen molar-refractivity contribution in [2.24, 2.45) is 0 Å². The number of rotatable bonds is 3. The molecule has 0 atom stereocenters. The highest BCUT2D eigenvalue weighted by Crippen LogP contribution is 2.32. The highest BCUT2D eigenvalue weighted by molar-refractivity contribution is 5.50. The van der Waals surface area contributed by atoms with Crippen molar-refractivity contribution in [2.45, 2.75) is 19.0 Å². The maximum Gasteiger partial charge on any atom is 0.419 e. The molecule has 0 saturated heterocycles. The summed E-state index contributed by atoms with van der Waals surface area (Å²) >= 11 is 0. The van der Waals surface area contributed by atoms with Crippen LogP contribution in [0.25, 0.3) is 0 Å². The molecule has 0 unspecified atom stereocenters. The molecule has 0 N–H and O–H groups in total. The summed E-state index contributed by atoms with van der Waals surface area (Å²) < 4.78 is 50.0. The van der Waals surface area contributed by atoms with Gasteiger partial charge in [0.1, 0.15) is 12.1 Å². The number of alkyl halides is 3. The number of benzene rings is 1. The van der Waals surface area contributed by atoms with E-state index < -0.39 is 17.6 Å². The van der Waals surface area contributed by atoms with Gasteiger partial charge in [0.25, 0.3) is 0 Å². The molecule has 0 amide bonds. The molecule has 1 aromatic rings. The first kappa shape index (κ1) is 11.7. The van der Waals surface area contributed by atoms with E-state index in [1.54, 1.807) is 0 Å².